The highest BCUT2D eigenvalue weighted by Crippen LogP contribution is 2.29. The average molecular weight is 370 g/mol. The monoisotopic (exact) mass is 369 g/mol. The molecule has 2 aromatic rings. The minimum absolute atomic E-state index is 0.00950. The Kier molecular flexibility index (Phi) is 6.58. The van der Waals surface area contributed by atoms with Crippen molar-refractivity contribution in [1.82, 2.24) is 0 Å². The molecule has 0 aliphatic heterocycles. The van der Waals surface area contributed by atoms with Gasteiger partial charge >= 0.3 is 6.61 Å². The SMILES string of the molecule is Cc1ccc(C)c(OCCC(=O)Nc2ccc(OC(F)F)c(Cl)c2)c1. The lowest BCUT2D eigenvalue weighted by Gasteiger charge is -2.11. The molecule has 7 heteroatoms. The first-order valence-electron chi connectivity index (χ1n) is 7.59. The number of amides is 1. The van der Waals surface area contributed by atoms with Crippen LogP contribution in [0.3, 0.4) is 0 Å². The van der Waals surface area contributed by atoms with E-state index in [2.05, 4.69) is 10.1 Å². The third kappa shape index (κ3) is 5.90. The average Bonchev–Trinajstić information content (AvgIpc) is 2.53. The predicted octanol–water partition coefficient (Wildman–Crippen LogP) is 4.97. The molecule has 0 fully saturated rings. The molecule has 0 aliphatic carbocycles. The first-order chi connectivity index (χ1) is 11.8. The topological polar surface area (TPSA) is 47.6 Å². The number of hydrogen-bond donors (Lipinski definition) is 1. The molecule has 0 saturated carbocycles. The number of benzene rings is 2. The Bertz CT molecular complexity index is 753. The molecule has 2 rings (SSSR count). The van der Waals surface area contributed by atoms with Gasteiger partial charge in [0.1, 0.15) is 11.5 Å². The standard InChI is InChI=1S/C18H18ClF2NO3/c1-11-3-4-12(2)16(9-11)24-8-7-17(23)22-13-5-6-15(14(19)10-13)25-18(20)21/h3-6,9-10,18H,7-8H2,1-2H3,(H,22,23). The molecule has 0 spiro atoms. The molecule has 0 atom stereocenters. The summed E-state index contributed by atoms with van der Waals surface area (Å²) in [4.78, 5) is 11.9. The lowest BCUT2D eigenvalue weighted by atomic mass is 10.1. The Morgan fingerprint density at radius 2 is 1.92 bits per heavy atom. The molecule has 0 bridgehead atoms. The zero-order valence-corrected chi connectivity index (χ0v) is 14.6. The van der Waals surface area contributed by atoms with Crippen LogP contribution >= 0.6 is 11.6 Å². The van der Waals surface area contributed by atoms with E-state index in [-0.39, 0.29) is 29.7 Å². The van der Waals surface area contributed by atoms with Gasteiger partial charge in [-0.05, 0) is 49.2 Å². The molecular weight excluding hydrogens is 352 g/mol. The number of nitrogens with one attached hydrogen (secondary N) is 1. The second-order valence-corrected chi connectivity index (χ2v) is 5.85. The minimum atomic E-state index is -2.96. The molecule has 0 unspecified atom stereocenters. The van der Waals surface area contributed by atoms with Crippen molar-refractivity contribution in [3.8, 4) is 11.5 Å². The van der Waals surface area contributed by atoms with E-state index in [0.29, 0.717) is 5.69 Å². The second-order valence-electron chi connectivity index (χ2n) is 5.44. The Labute approximate surface area is 149 Å². The third-order valence-corrected chi connectivity index (χ3v) is 3.66. The zero-order chi connectivity index (χ0) is 18.4. The summed E-state index contributed by atoms with van der Waals surface area (Å²) in [7, 11) is 0. The first-order valence-corrected chi connectivity index (χ1v) is 7.97. The summed E-state index contributed by atoms with van der Waals surface area (Å²) in [5, 5.41) is 2.62. The van der Waals surface area contributed by atoms with E-state index in [0.717, 1.165) is 16.9 Å². The third-order valence-electron chi connectivity index (χ3n) is 3.36. The van der Waals surface area contributed by atoms with E-state index in [9.17, 15) is 13.6 Å². The number of halogens is 3. The molecule has 0 saturated heterocycles. The van der Waals surface area contributed by atoms with Crippen molar-refractivity contribution in [3.63, 3.8) is 0 Å². The number of alkyl halides is 2. The van der Waals surface area contributed by atoms with E-state index in [1.165, 1.54) is 18.2 Å². The summed E-state index contributed by atoms with van der Waals surface area (Å²) < 4.78 is 34.2. The van der Waals surface area contributed by atoms with Crippen molar-refractivity contribution >= 4 is 23.2 Å². The van der Waals surface area contributed by atoms with Crippen molar-refractivity contribution < 1.29 is 23.0 Å². The summed E-state index contributed by atoms with van der Waals surface area (Å²) >= 11 is 5.84. The highest BCUT2D eigenvalue weighted by molar-refractivity contribution is 6.32. The molecule has 4 nitrogen and oxygen atoms in total. The van der Waals surface area contributed by atoms with Crippen molar-refractivity contribution in [2.45, 2.75) is 26.9 Å². The molecule has 25 heavy (non-hydrogen) atoms. The number of ether oxygens (including phenoxy) is 2. The summed E-state index contributed by atoms with van der Waals surface area (Å²) in [5.41, 5.74) is 2.46. The molecule has 1 N–H and O–H groups in total. The Morgan fingerprint density at radius 3 is 2.60 bits per heavy atom. The maximum atomic E-state index is 12.2. The summed E-state index contributed by atoms with van der Waals surface area (Å²) in [6, 6.07) is 9.91. The fourth-order valence-electron chi connectivity index (χ4n) is 2.11. The van der Waals surface area contributed by atoms with Crippen LogP contribution in [0, 0.1) is 13.8 Å². The normalized spacial score (nSPS) is 10.6. The van der Waals surface area contributed by atoms with Crippen LogP contribution in [-0.4, -0.2) is 19.1 Å². The molecule has 134 valence electrons. The van der Waals surface area contributed by atoms with Crippen LogP contribution in [0.5, 0.6) is 11.5 Å². The van der Waals surface area contributed by atoms with Crippen LogP contribution in [-0.2, 0) is 4.79 Å². The van der Waals surface area contributed by atoms with E-state index >= 15 is 0 Å². The molecule has 0 radical (unpaired) electrons. The van der Waals surface area contributed by atoms with E-state index in [1.807, 2.05) is 32.0 Å². The van der Waals surface area contributed by atoms with Crippen LogP contribution in [0.15, 0.2) is 36.4 Å². The van der Waals surface area contributed by atoms with Crippen LogP contribution in [0.4, 0.5) is 14.5 Å². The zero-order valence-electron chi connectivity index (χ0n) is 13.8. The van der Waals surface area contributed by atoms with E-state index in [4.69, 9.17) is 16.3 Å². The maximum absolute atomic E-state index is 12.2. The fraction of sp³-hybridized carbons (Fsp3) is 0.278. The van der Waals surface area contributed by atoms with Gasteiger partial charge in [-0.3, -0.25) is 4.79 Å². The summed E-state index contributed by atoms with van der Waals surface area (Å²) in [6.45, 7) is 1.15. The summed E-state index contributed by atoms with van der Waals surface area (Å²) in [5.74, 6) is 0.321. The van der Waals surface area contributed by atoms with Crippen molar-refractivity contribution in [3.05, 3.63) is 52.5 Å². The van der Waals surface area contributed by atoms with Crippen LogP contribution in [0.2, 0.25) is 5.02 Å². The minimum Gasteiger partial charge on any atom is -0.493 e. The van der Waals surface area contributed by atoms with Crippen LogP contribution in [0.1, 0.15) is 17.5 Å². The number of aryl methyl sites for hydroxylation is 2. The van der Waals surface area contributed by atoms with Gasteiger partial charge in [-0.25, -0.2) is 0 Å². The van der Waals surface area contributed by atoms with Gasteiger partial charge in [-0.1, -0.05) is 23.7 Å². The number of rotatable bonds is 7. The molecule has 0 heterocycles. The molecule has 0 aliphatic rings. The first kappa shape index (κ1) is 19.0. The van der Waals surface area contributed by atoms with Gasteiger partial charge in [0.15, 0.2) is 0 Å². The van der Waals surface area contributed by atoms with Crippen molar-refractivity contribution in [1.29, 1.82) is 0 Å². The second kappa shape index (κ2) is 8.67. The van der Waals surface area contributed by atoms with Gasteiger partial charge in [-0.15, -0.1) is 0 Å². The largest absolute Gasteiger partial charge is 0.493 e. The smallest absolute Gasteiger partial charge is 0.387 e. The van der Waals surface area contributed by atoms with Gasteiger partial charge in [-0.2, -0.15) is 8.78 Å². The number of hydrogen-bond acceptors (Lipinski definition) is 3. The maximum Gasteiger partial charge on any atom is 0.387 e. The van der Waals surface area contributed by atoms with Crippen molar-refractivity contribution in [2.24, 2.45) is 0 Å². The van der Waals surface area contributed by atoms with E-state index < -0.39 is 6.61 Å². The Morgan fingerprint density at radius 1 is 1.16 bits per heavy atom. The number of anilines is 1. The molecule has 1 amide bonds. The Hall–Kier alpha value is -2.34. The fourth-order valence-corrected chi connectivity index (χ4v) is 2.34. The van der Waals surface area contributed by atoms with Gasteiger partial charge in [0.2, 0.25) is 5.91 Å². The number of carbonyl (C=O) groups is 1. The quantitative estimate of drug-likeness (QED) is 0.749. The van der Waals surface area contributed by atoms with Gasteiger partial charge in [0, 0.05) is 5.69 Å². The van der Waals surface area contributed by atoms with Gasteiger partial charge in [0.05, 0.1) is 18.1 Å². The Balaban J connectivity index is 1.86. The van der Waals surface area contributed by atoms with Crippen molar-refractivity contribution in [2.75, 3.05) is 11.9 Å². The van der Waals surface area contributed by atoms with Gasteiger partial charge < -0.3 is 14.8 Å². The number of carbonyl (C=O) groups excluding carboxylic acids is 1. The van der Waals surface area contributed by atoms with Crippen LogP contribution < -0.4 is 14.8 Å². The van der Waals surface area contributed by atoms with Crippen LogP contribution in [0.25, 0.3) is 0 Å². The van der Waals surface area contributed by atoms with Gasteiger partial charge in [0.25, 0.3) is 0 Å². The molecule has 2 aromatic carbocycles. The van der Waals surface area contributed by atoms with E-state index in [1.54, 1.807) is 0 Å². The lowest BCUT2D eigenvalue weighted by Crippen LogP contribution is -2.15. The molecular formula is C18H18ClF2NO3. The highest BCUT2D eigenvalue weighted by Gasteiger charge is 2.10. The molecule has 0 aromatic heterocycles. The predicted molar refractivity (Wildman–Crippen MR) is 92.7 cm³/mol. The lowest BCUT2D eigenvalue weighted by molar-refractivity contribution is -0.116. The highest BCUT2D eigenvalue weighted by atomic mass is 35.5. The summed E-state index contributed by atoms with van der Waals surface area (Å²) in [6.07, 6.45) is 0.139.